The van der Waals surface area contributed by atoms with Crippen molar-refractivity contribution < 1.29 is 14.3 Å². The van der Waals surface area contributed by atoms with Gasteiger partial charge in [0.15, 0.2) is 0 Å². The van der Waals surface area contributed by atoms with Crippen molar-refractivity contribution in [3.63, 3.8) is 0 Å². The second kappa shape index (κ2) is 5.75. The third-order valence-electron chi connectivity index (χ3n) is 1.32. The number of carbonyl (C=O) groups excluding carboxylic acids is 1. The van der Waals surface area contributed by atoms with Crippen LogP contribution in [0.5, 0.6) is 0 Å². The Bertz CT molecular complexity index is 185. The maximum atomic E-state index is 11.0. The zero-order chi connectivity index (χ0) is 10.4. The summed E-state index contributed by atoms with van der Waals surface area (Å²) in [4.78, 5) is 11.0. The molecule has 3 heteroatoms. The van der Waals surface area contributed by atoms with Crippen LogP contribution in [0.15, 0.2) is 12.2 Å². The molecular formula is C10H18O3. The first-order valence-electron chi connectivity index (χ1n) is 4.41. The molecule has 0 fully saturated rings. The fourth-order valence-corrected chi connectivity index (χ4v) is 0.645. The van der Waals surface area contributed by atoms with Gasteiger partial charge in [0.25, 0.3) is 0 Å². The van der Waals surface area contributed by atoms with Crippen LogP contribution in [0.2, 0.25) is 0 Å². The number of hydrogen-bond donors (Lipinski definition) is 0. The van der Waals surface area contributed by atoms with Gasteiger partial charge in [0.05, 0.1) is 12.7 Å². The van der Waals surface area contributed by atoms with Gasteiger partial charge in [-0.05, 0) is 27.7 Å². The molecule has 0 saturated carbocycles. The standard InChI is InChI=1S/C10H18O3/c1-7(2)10(11)13-9(5)6-12-8(3)4/h8-9H,1,6H2,2-5H3. The second-order valence-electron chi connectivity index (χ2n) is 3.38. The number of rotatable bonds is 5. The summed E-state index contributed by atoms with van der Waals surface area (Å²) in [5, 5.41) is 0. The van der Waals surface area contributed by atoms with Crippen molar-refractivity contribution in [2.24, 2.45) is 0 Å². The predicted molar refractivity (Wildman–Crippen MR) is 51.5 cm³/mol. The van der Waals surface area contributed by atoms with Crippen LogP contribution in [0.4, 0.5) is 0 Å². The maximum Gasteiger partial charge on any atom is 0.333 e. The first-order chi connectivity index (χ1) is 5.93. The molecule has 0 heterocycles. The monoisotopic (exact) mass is 186 g/mol. The van der Waals surface area contributed by atoms with Crippen LogP contribution < -0.4 is 0 Å². The van der Waals surface area contributed by atoms with Crippen molar-refractivity contribution in [3.05, 3.63) is 12.2 Å². The van der Waals surface area contributed by atoms with E-state index in [1.807, 2.05) is 13.8 Å². The topological polar surface area (TPSA) is 35.5 Å². The lowest BCUT2D eigenvalue weighted by atomic mass is 10.3. The molecule has 0 aromatic heterocycles. The number of hydrogen-bond acceptors (Lipinski definition) is 3. The highest BCUT2D eigenvalue weighted by Gasteiger charge is 2.10. The molecular weight excluding hydrogens is 168 g/mol. The lowest BCUT2D eigenvalue weighted by molar-refractivity contribution is -0.147. The molecule has 3 nitrogen and oxygen atoms in total. The summed E-state index contributed by atoms with van der Waals surface area (Å²) in [7, 11) is 0. The zero-order valence-corrected chi connectivity index (χ0v) is 8.79. The smallest absolute Gasteiger partial charge is 0.333 e. The van der Waals surface area contributed by atoms with E-state index in [0.29, 0.717) is 12.2 Å². The van der Waals surface area contributed by atoms with Gasteiger partial charge < -0.3 is 9.47 Å². The van der Waals surface area contributed by atoms with E-state index < -0.39 is 0 Å². The summed E-state index contributed by atoms with van der Waals surface area (Å²) in [6.07, 6.45) is -0.0578. The molecule has 0 radical (unpaired) electrons. The summed E-state index contributed by atoms with van der Waals surface area (Å²) >= 11 is 0. The minimum absolute atomic E-state index is 0.158. The van der Waals surface area contributed by atoms with Gasteiger partial charge in [-0.3, -0.25) is 0 Å². The van der Waals surface area contributed by atoms with Crippen LogP contribution in [-0.4, -0.2) is 24.8 Å². The second-order valence-corrected chi connectivity index (χ2v) is 3.38. The largest absolute Gasteiger partial charge is 0.457 e. The maximum absolute atomic E-state index is 11.0. The molecule has 0 saturated heterocycles. The SMILES string of the molecule is C=C(C)C(=O)OC(C)COC(C)C. The molecule has 0 spiro atoms. The van der Waals surface area contributed by atoms with Gasteiger partial charge >= 0.3 is 5.97 Å². The molecule has 0 aliphatic carbocycles. The van der Waals surface area contributed by atoms with E-state index in [2.05, 4.69) is 6.58 Å². The molecule has 13 heavy (non-hydrogen) atoms. The summed E-state index contributed by atoms with van der Waals surface area (Å²) in [6.45, 7) is 11.2. The molecule has 0 bridgehead atoms. The zero-order valence-electron chi connectivity index (χ0n) is 8.79. The van der Waals surface area contributed by atoms with Crippen LogP contribution in [-0.2, 0) is 14.3 Å². The normalized spacial score (nSPS) is 12.7. The van der Waals surface area contributed by atoms with Crippen LogP contribution in [0.3, 0.4) is 0 Å². The highest BCUT2D eigenvalue weighted by atomic mass is 16.6. The fraction of sp³-hybridized carbons (Fsp3) is 0.700. The first kappa shape index (κ1) is 12.2. The van der Waals surface area contributed by atoms with Crippen molar-refractivity contribution in [1.29, 1.82) is 0 Å². The van der Waals surface area contributed by atoms with Gasteiger partial charge in [-0.2, -0.15) is 0 Å². The summed E-state index contributed by atoms with van der Waals surface area (Å²) in [6, 6.07) is 0. The summed E-state index contributed by atoms with van der Waals surface area (Å²) < 4.78 is 10.3. The summed E-state index contributed by atoms with van der Waals surface area (Å²) in [5.74, 6) is -0.361. The van der Waals surface area contributed by atoms with Crippen molar-refractivity contribution in [1.82, 2.24) is 0 Å². The fourth-order valence-electron chi connectivity index (χ4n) is 0.645. The molecule has 0 aromatic rings. The highest BCUT2D eigenvalue weighted by Crippen LogP contribution is 2.00. The Balaban J connectivity index is 3.68. The molecule has 1 atom stereocenters. The van der Waals surface area contributed by atoms with E-state index in [4.69, 9.17) is 9.47 Å². The van der Waals surface area contributed by atoms with Crippen LogP contribution in [0.1, 0.15) is 27.7 Å². The molecule has 0 aliphatic heterocycles. The number of ether oxygens (including phenoxy) is 2. The third-order valence-corrected chi connectivity index (χ3v) is 1.32. The van der Waals surface area contributed by atoms with E-state index in [0.717, 1.165) is 0 Å². The number of esters is 1. The average Bonchev–Trinajstić information content (AvgIpc) is 2.00. The minimum atomic E-state index is -0.361. The minimum Gasteiger partial charge on any atom is -0.457 e. The van der Waals surface area contributed by atoms with Gasteiger partial charge in [0.1, 0.15) is 6.10 Å². The van der Waals surface area contributed by atoms with Gasteiger partial charge in [-0.1, -0.05) is 6.58 Å². The van der Waals surface area contributed by atoms with Crippen molar-refractivity contribution in [2.45, 2.75) is 39.9 Å². The quantitative estimate of drug-likeness (QED) is 0.486. The summed E-state index contributed by atoms with van der Waals surface area (Å²) in [5.41, 5.74) is 0.413. The van der Waals surface area contributed by atoms with Crippen LogP contribution in [0.25, 0.3) is 0 Å². The molecule has 0 rings (SSSR count). The van der Waals surface area contributed by atoms with E-state index in [1.165, 1.54) is 0 Å². The van der Waals surface area contributed by atoms with Crippen molar-refractivity contribution in [2.75, 3.05) is 6.61 Å². The predicted octanol–water partition coefficient (Wildman–Crippen LogP) is 1.92. The Morgan fingerprint density at radius 2 is 1.92 bits per heavy atom. The van der Waals surface area contributed by atoms with E-state index >= 15 is 0 Å². The van der Waals surface area contributed by atoms with Gasteiger partial charge in [-0.25, -0.2) is 4.79 Å². The van der Waals surface area contributed by atoms with Crippen molar-refractivity contribution in [3.8, 4) is 0 Å². The van der Waals surface area contributed by atoms with Crippen LogP contribution >= 0.6 is 0 Å². The van der Waals surface area contributed by atoms with Gasteiger partial charge in [0, 0.05) is 5.57 Å². The Kier molecular flexibility index (Phi) is 5.39. The third kappa shape index (κ3) is 6.34. The highest BCUT2D eigenvalue weighted by molar-refractivity contribution is 5.87. The first-order valence-corrected chi connectivity index (χ1v) is 4.41. The van der Waals surface area contributed by atoms with E-state index in [9.17, 15) is 4.79 Å². The lowest BCUT2D eigenvalue weighted by Gasteiger charge is -2.15. The Morgan fingerprint density at radius 1 is 1.38 bits per heavy atom. The molecule has 76 valence electrons. The van der Waals surface area contributed by atoms with E-state index in [-0.39, 0.29) is 18.2 Å². The van der Waals surface area contributed by atoms with Gasteiger partial charge in [-0.15, -0.1) is 0 Å². The number of carbonyl (C=O) groups is 1. The molecule has 0 amide bonds. The molecule has 1 unspecified atom stereocenters. The molecule has 0 N–H and O–H groups in total. The average molecular weight is 186 g/mol. The Morgan fingerprint density at radius 3 is 2.31 bits per heavy atom. The van der Waals surface area contributed by atoms with Gasteiger partial charge in [0.2, 0.25) is 0 Å². The van der Waals surface area contributed by atoms with E-state index in [1.54, 1.807) is 13.8 Å². The lowest BCUT2D eigenvalue weighted by Crippen LogP contribution is -2.22. The van der Waals surface area contributed by atoms with Crippen molar-refractivity contribution >= 4 is 5.97 Å². The molecule has 0 aromatic carbocycles. The Labute approximate surface area is 79.7 Å². The van der Waals surface area contributed by atoms with Crippen LogP contribution in [0, 0.1) is 0 Å². The molecule has 0 aliphatic rings. The Hall–Kier alpha value is -0.830.